The molecule has 0 unspecified atom stereocenters. The van der Waals surface area contributed by atoms with Crippen molar-refractivity contribution in [2.45, 2.75) is 10.8 Å². The zero-order valence-corrected chi connectivity index (χ0v) is 14.6. The molecular weight excluding hydrogens is 368 g/mol. The molecule has 1 aromatic rings. The Kier molecular flexibility index (Phi) is 9.30. The summed E-state index contributed by atoms with van der Waals surface area (Å²) in [5, 5.41) is 2.02. The zero-order chi connectivity index (χ0) is 17.5. The molecule has 138 valence electrons. The molecule has 0 saturated carbocycles. The Bertz CT molecular complexity index is 644. The molecule has 0 heterocycles. The summed E-state index contributed by atoms with van der Waals surface area (Å²) < 4.78 is 57.1. The number of ether oxygens (including phenoxy) is 1. The molecule has 0 spiro atoms. The predicted octanol–water partition coefficient (Wildman–Crippen LogP) is 0.357. The fourth-order valence-electron chi connectivity index (χ4n) is 1.55. The molecule has 0 atom stereocenters. The van der Waals surface area contributed by atoms with Gasteiger partial charge in [-0.15, -0.1) is 12.4 Å². The van der Waals surface area contributed by atoms with Gasteiger partial charge in [-0.2, -0.15) is 0 Å². The van der Waals surface area contributed by atoms with E-state index in [-0.39, 0.29) is 36.0 Å². The lowest BCUT2D eigenvalue weighted by molar-refractivity contribution is 0.0118. The number of nitrogens with one attached hydrogen (secondary N) is 2. The number of hydrogen-bond acceptors (Lipinski definition) is 5. The molecular formula is C13H20ClF2N3O4S. The number of amides is 1. The molecule has 1 rings (SSSR count). The molecule has 0 aliphatic heterocycles. The van der Waals surface area contributed by atoms with Crippen LogP contribution < -0.4 is 15.8 Å². The molecule has 0 radical (unpaired) electrons. The van der Waals surface area contributed by atoms with Gasteiger partial charge >= 0.3 is 0 Å². The first kappa shape index (κ1) is 22.7. The van der Waals surface area contributed by atoms with Crippen molar-refractivity contribution in [2.75, 3.05) is 33.4 Å². The first-order valence-corrected chi connectivity index (χ1v) is 8.15. The largest absolute Gasteiger partial charge is 0.383 e. The van der Waals surface area contributed by atoms with E-state index in [4.69, 9.17) is 10.5 Å². The number of halogens is 3. The zero-order valence-electron chi connectivity index (χ0n) is 12.9. The van der Waals surface area contributed by atoms with Gasteiger partial charge in [-0.1, -0.05) is 6.07 Å². The highest BCUT2D eigenvalue weighted by Gasteiger charge is 2.27. The summed E-state index contributed by atoms with van der Waals surface area (Å²) in [6.45, 7) is -1.57. The quantitative estimate of drug-likeness (QED) is 0.530. The topological polar surface area (TPSA) is 111 Å². The third-order valence-electron chi connectivity index (χ3n) is 2.81. The van der Waals surface area contributed by atoms with Crippen LogP contribution in [0.5, 0.6) is 0 Å². The van der Waals surface area contributed by atoms with E-state index in [0.717, 1.165) is 6.07 Å². The molecule has 0 aliphatic carbocycles. The molecule has 11 heteroatoms. The van der Waals surface area contributed by atoms with Crippen LogP contribution in [-0.2, 0) is 14.8 Å². The third kappa shape index (κ3) is 7.05. The lowest BCUT2D eigenvalue weighted by Gasteiger charge is -2.14. The van der Waals surface area contributed by atoms with Crippen molar-refractivity contribution in [1.29, 1.82) is 0 Å². The number of sulfonamides is 1. The van der Waals surface area contributed by atoms with Gasteiger partial charge in [0.05, 0.1) is 24.6 Å². The average molecular weight is 388 g/mol. The normalized spacial score (nSPS) is 11.7. The standard InChI is InChI=1S/C13H19F2N3O4S.ClH/c1-22-6-5-18-23(20,21)11-4-2-3-10(7-11)12(19)17-9-13(14,15)8-16;/h2-4,7,18H,5-6,8-9,16H2,1H3,(H,17,19);1H. The van der Waals surface area contributed by atoms with E-state index in [1.807, 2.05) is 5.32 Å². The number of alkyl halides is 2. The van der Waals surface area contributed by atoms with Crippen LogP contribution in [0.15, 0.2) is 29.2 Å². The summed E-state index contributed by atoms with van der Waals surface area (Å²) in [6.07, 6.45) is 0. The Morgan fingerprint density at radius 1 is 1.38 bits per heavy atom. The summed E-state index contributed by atoms with van der Waals surface area (Å²) >= 11 is 0. The van der Waals surface area contributed by atoms with E-state index >= 15 is 0 Å². The van der Waals surface area contributed by atoms with Gasteiger partial charge in [-0.25, -0.2) is 21.9 Å². The van der Waals surface area contributed by atoms with E-state index in [9.17, 15) is 22.0 Å². The summed E-state index contributed by atoms with van der Waals surface area (Å²) in [7, 11) is -2.39. The predicted molar refractivity (Wildman–Crippen MR) is 87.1 cm³/mol. The number of nitrogens with two attached hydrogens (primary N) is 1. The summed E-state index contributed by atoms with van der Waals surface area (Å²) in [5.41, 5.74) is 4.82. The highest BCUT2D eigenvalue weighted by Crippen LogP contribution is 2.13. The van der Waals surface area contributed by atoms with Crippen LogP contribution in [-0.4, -0.2) is 53.6 Å². The molecule has 24 heavy (non-hydrogen) atoms. The number of carbonyl (C=O) groups excluding carboxylic acids is 1. The number of carbonyl (C=O) groups is 1. The number of methoxy groups -OCH3 is 1. The molecule has 1 amide bonds. The number of hydrogen-bond donors (Lipinski definition) is 3. The van der Waals surface area contributed by atoms with Gasteiger partial charge in [0, 0.05) is 19.2 Å². The van der Waals surface area contributed by atoms with E-state index in [1.54, 1.807) is 0 Å². The molecule has 0 fully saturated rings. The van der Waals surface area contributed by atoms with Gasteiger partial charge in [0.2, 0.25) is 10.0 Å². The second-order valence-electron chi connectivity index (χ2n) is 4.66. The van der Waals surface area contributed by atoms with Crippen LogP contribution in [0.25, 0.3) is 0 Å². The molecule has 7 nitrogen and oxygen atoms in total. The van der Waals surface area contributed by atoms with Crippen LogP contribution in [0, 0.1) is 0 Å². The van der Waals surface area contributed by atoms with E-state index in [2.05, 4.69) is 4.72 Å². The van der Waals surface area contributed by atoms with Gasteiger partial charge in [0.15, 0.2) is 0 Å². The van der Waals surface area contributed by atoms with E-state index < -0.39 is 34.9 Å². The third-order valence-corrected chi connectivity index (χ3v) is 4.27. The maximum Gasteiger partial charge on any atom is 0.277 e. The van der Waals surface area contributed by atoms with Crippen LogP contribution in [0.2, 0.25) is 0 Å². The van der Waals surface area contributed by atoms with Crippen molar-refractivity contribution in [3.8, 4) is 0 Å². The lowest BCUT2D eigenvalue weighted by Crippen LogP contribution is -2.41. The van der Waals surface area contributed by atoms with Gasteiger partial charge < -0.3 is 15.8 Å². The van der Waals surface area contributed by atoms with Crippen molar-refractivity contribution in [3.63, 3.8) is 0 Å². The van der Waals surface area contributed by atoms with Crippen LogP contribution in [0.4, 0.5) is 8.78 Å². The van der Waals surface area contributed by atoms with Gasteiger partial charge in [-0.3, -0.25) is 4.79 Å². The maximum absolute atomic E-state index is 13.0. The Morgan fingerprint density at radius 2 is 2.04 bits per heavy atom. The summed E-state index contributed by atoms with van der Waals surface area (Å²) in [4.78, 5) is 11.7. The van der Waals surface area contributed by atoms with Crippen molar-refractivity contribution >= 4 is 28.3 Å². The first-order chi connectivity index (χ1) is 10.7. The van der Waals surface area contributed by atoms with Crippen molar-refractivity contribution in [3.05, 3.63) is 29.8 Å². The summed E-state index contributed by atoms with van der Waals surface area (Å²) in [5.74, 6) is -4.03. The van der Waals surface area contributed by atoms with Crippen molar-refractivity contribution < 1.29 is 26.7 Å². The van der Waals surface area contributed by atoms with E-state index in [1.165, 1.54) is 25.3 Å². The molecule has 0 saturated heterocycles. The molecule has 4 N–H and O–H groups in total. The van der Waals surface area contributed by atoms with Gasteiger partial charge in [0.25, 0.3) is 11.8 Å². The molecule has 0 aromatic heterocycles. The SMILES string of the molecule is COCCNS(=O)(=O)c1cccc(C(=O)NCC(F)(F)CN)c1.Cl. The number of benzene rings is 1. The smallest absolute Gasteiger partial charge is 0.277 e. The van der Waals surface area contributed by atoms with Gasteiger partial charge in [-0.05, 0) is 18.2 Å². The van der Waals surface area contributed by atoms with Crippen molar-refractivity contribution in [1.82, 2.24) is 10.0 Å². The van der Waals surface area contributed by atoms with Crippen LogP contribution >= 0.6 is 12.4 Å². The summed E-state index contributed by atoms with van der Waals surface area (Å²) in [6, 6.07) is 5.07. The minimum Gasteiger partial charge on any atom is -0.383 e. The number of rotatable bonds is 9. The fourth-order valence-corrected chi connectivity index (χ4v) is 2.61. The lowest BCUT2D eigenvalue weighted by atomic mass is 10.2. The second kappa shape index (κ2) is 9.84. The highest BCUT2D eigenvalue weighted by atomic mass is 35.5. The second-order valence-corrected chi connectivity index (χ2v) is 6.43. The first-order valence-electron chi connectivity index (χ1n) is 6.66. The Morgan fingerprint density at radius 3 is 2.62 bits per heavy atom. The Hall–Kier alpha value is -1.33. The van der Waals surface area contributed by atoms with Crippen LogP contribution in [0.1, 0.15) is 10.4 Å². The maximum atomic E-state index is 13.0. The molecule has 0 aliphatic rings. The molecule has 1 aromatic carbocycles. The monoisotopic (exact) mass is 387 g/mol. The minimum atomic E-state index is -3.81. The molecule has 0 bridgehead atoms. The minimum absolute atomic E-state index is 0. The van der Waals surface area contributed by atoms with Crippen molar-refractivity contribution in [2.24, 2.45) is 5.73 Å². The van der Waals surface area contributed by atoms with Crippen LogP contribution in [0.3, 0.4) is 0 Å². The van der Waals surface area contributed by atoms with E-state index in [0.29, 0.717) is 0 Å². The fraction of sp³-hybridized carbons (Fsp3) is 0.462. The highest BCUT2D eigenvalue weighted by molar-refractivity contribution is 7.89. The van der Waals surface area contributed by atoms with Gasteiger partial charge in [0.1, 0.15) is 0 Å². The Balaban J connectivity index is 0.00000529. The Labute approximate surface area is 145 Å². The average Bonchev–Trinajstić information content (AvgIpc) is 2.53.